The van der Waals surface area contributed by atoms with Gasteiger partial charge in [-0.25, -0.2) is 9.59 Å². The zero-order valence-corrected chi connectivity index (χ0v) is 12.4. The van der Waals surface area contributed by atoms with Crippen molar-refractivity contribution in [2.24, 2.45) is 0 Å². The van der Waals surface area contributed by atoms with Gasteiger partial charge in [-0.15, -0.1) is 0 Å². The Morgan fingerprint density at radius 3 is 1.20 bits per heavy atom. The number of aliphatic carboxylic acids is 2. The van der Waals surface area contributed by atoms with Crippen molar-refractivity contribution in [2.45, 2.75) is 61.4 Å². The Labute approximate surface area is 139 Å². The van der Waals surface area contributed by atoms with Crippen LogP contribution in [0.4, 0.5) is 0 Å². The van der Waals surface area contributed by atoms with Gasteiger partial charge in [-0.1, -0.05) is 0 Å². The van der Waals surface area contributed by atoms with Crippen LogP contribution in [0, 0.1) is 0 Å². The summed E-state index contributed by atoms with van der Waals surface area (Å²) in [5.74, 6) is -3.37. The molecule has 10 atom stereocenters. The predicted molar refractivity (Wildman–Crippen MR) is 69.7 cm³/mol. The normalized spacial score (nSPS) is 48.1. The lowest BCUT2D eigenvalue weighted by Gasteiger charge is -2.43. The average Bonchev–Trinajstić information content (AvgIpc) is 2.54. The van der Waals surface area contributed by atoms with E-state index in [1.165, 1.54) is 0 Å². The highest BCUT2D eigenvalue weighted by molar-refractivity contribution is 5.73. The maximum absolute atomic E-state index is 11.0. The second-order valence-corrected chi connectivity index (χ2v) is 5.61. The van der Waals surface area contributed by atoms with Crippen LogP contribution in [-0.4, -0.2) is 114 Å². The summed E-state index contributed by atoms with van der Waals surface area (Å²) in [6.45, 7) is 0. The van der Waals surface area contributed by atoms with Gasteiger partial charge in [0.15, 0.2) is 24.8 Å². The maximum Gasteiger partial charge on any atom is 0.335 e. The molecule has 0 aromatic heterocycles. The summed E-state index contributed by atoms with van der Waals surface area (Å²) in [6.07, 6.45) is -19.8. The summed E-state index contributed by atoms with van der Waals surface area (Å²) in [5.41, 5.74) is 0. The van der Waals surface area contributed by atoms with Crippen molar-refractivity contribution in [3.63, 3.8) is 0 Å². The van der Waals surface area contributed by atoms with E-state index < -0.39 is 73.4 Å². The lowest BCUT2D eigenvalue weighted by atomic mass is 9.98. The molecular weight excluding hydrogens is 352 g/mol. The smallest absolute Gasteiger partial charge is 0.335 e. The molecule has 8 N–H and O–H groups in total. The van der Waals surface area contributed by atoms with Crippen molar-refractivity contribution in [3.05, 3.63) is 0 Å². The molecule has 2 heterocycles. The second-order valence-electron chi connectivity index (χ2n) is 5.61. The number of rotatable bonds is 4. The zero-order chi connectivity index (χ0) is 19.0. The van der Waals surface area contributed by atoms with E-state index in [1.54, 1.807) is 0 Å². The second kappa shape index (κ2) is 7.45. The van der Waals surface area contributed by atoms with E-state index in [0.29, 0.717) is 0 Å². The van der Waals surface area contributed by atoms with Crippen LogP contribution in [0.1, 0.15) is 0 Å². The largest absolute Gasteiger partial charge is 0.479 e. The van der Waals surface area contributed by atoms with Crippen molar-refractivity contribution >= 4 is 11.9 Å². The molecular formula is C12H18O13. The minimum atomic E-state index is -1.99. The molecule has 0 bridgehead atoms. The fourth-order valence-electron chi connectivity index (χ4n) is 2.46. The maximum atomic E-state index is 11.0. The SMILES string of the molecule is O=C(O)[C@H]1O[C@@H](O[C@@H]2O[C@H](C(=O)O)[C@@H](O)[C@H](O)[C@H]2O)[C@H](O)[C@@H](O)[C@@H]1O. The summed E-state index contributed by atoms with van der Waals surface area (Å²) in [6, 6.07) is 0. The average molecular weight is 370 g/mol. The molecule has 2 aliphatic rings. The highest BCUT2D eigenvalue weighted by Crippen LogP contribution is 2.28. The topological polar surface area (TPSA) is 224 Å². The molecule has 2 rings (SSSR count). The molecule has 0 aromatic rings. The number of hydrogen-bond donors (Lipinski definition) is 8. The lowest BCUT2D eigenvalue weighted by molar-refractivity contribution is -0.368. The van der Waals surface area contributed by atoms with Crippen molar-refractivity contribution in [1.29, 1.82) is 0 Å². The lowest BCUT2D eigenvalue weighted by Crippen LogP contribution is -2.64. The summed E-state index contributed by atoms with van der Waals surface area (Å²) in [4.78, 5) is 22.0. The van der Waals surface area contributed by atoms with Crippen LogP contribution in [0.2, 0.25) is 0 Å². The number of aliphatic hydroxyl groups excluding tert-OH is 6. The van der Waals surface area contributed by atoms with E-state index in [1.807, 2.05) is 0 Å². The van der Waals surface area contributed by atoms with E-state index in [9.17, 15) is 40.2 Å². The Morgan fingerprint density at radius 1 is 0.600 bits per heavy atom. The third kappa shape index (κ3) is 3.74. The van der Waals surface area contributed by atoms with Crippen molar-refractivity contribution in [1.82, 2.24) is 0 Å². The Hall–Kier alpha value is -1.42. The van der Waals surface area contributed by atoms with Gasteiger partial charge in [0.2, 0.25) is 0 Å². The Balaban J connectivity index is 2.15. The minimum Gasteiger partial charge on any atom is -0.479 e. The third-order valence-corrected chi connectivity index (χ3v) is 3.89. The molecule has 2 aliphatic heterocycles. The van der Waals surface area contributed by atoms with Gasteiger partial charge in [-0.05, 0) is 0 Å². The molecule has 25 heavy (non-hydrogen) atoms. The van der Waals surface area contributed by atoms with Gasteiger partial charge >= 0.3 is 11.9 Å². The van der Waals surface area contributed by atoms with Crippen LogP contribution < -0.4 is 0 Å². The molecule has 13 heteroatoms. The quantitative estimate of drug-likeness (QED) is 0.232. The van der Waals surface area contributed by atoms with Crippen LogP contribution in [0.3, 0.4) is 0 Å². The molecule has 13 nitrogen and oxygen atoms in total. The molecule has 0 spiro atoms. The number of carbonyl (C=O) groups is 2. The fourth-order valence-corrected chi connectivity index (χ4v) is 2.46. The number of carboxylic acid groups (broad SMARTS) is 2. The summed E-state index contributed by atoms with van der Waals surface area (Å²) in [7, 11) is 0. The first-order valence-corrected chi connectivity index (χ1v) is 7.06. The molecule has 0 unspecified atom stereocenters. The van der Waals surface area contributed by atoms with Gasteiger partial charge in [-0.2, -0.15) is 0 Å². The summed E-state index contributed by atoms with van der Waals surface area (Å²) >= 11 is 0. The third-order valence-electron chi connectivity index (χ3n) is 3.89. The van der Waals surface area contributed by atoms with Gasteiger partial charge in [0.05, 0.1) is 0 Å². The number of aliphatic hydroxyl groups is 6. The van der Waals surface area contributed by atoms with Crippen LogP contribution in [0.15, 0.2) is 0 Å². The number of carboxylic acids is 2. The predicted octanol–water partition coefficient (Wildman–Crippen LogP) is -5.21. The van der Waals surface area contributed by atoms with E-state index in [2.05, 4.69) is 0 Å². The van der Waals surface area contributed by atoms with Crippen LogP contribution in [-0.2, 0) is 23.8 Å². The Morgan fingerprint density at radius 2 is 0.920 bits per heavy atom. The first-order valence-electron chi connectivity index (χ1n) is 7.06. The van der Waals surface area contributed by atoms with Gasteiger partial charge in [-0.3, -0.25) is 0 Å². The van der Waals surface area contributed by atoms with Crippen molar-refractivity contribution in [2.75, 3.05) is 0 Å². The van der Waals surface area contributed by atoms with E-state index >= 15 is 0 Å². The zero-order valence-electron chi connectivity index (χ0n) is 12.4. The molecule has 0 aromatic carbocycles. The Kier molecular flexibility index (Phi) is 5.93. The van der Waals surface area contributed by atoms with Gasteiger partial charge in [0, 0.05) is 0 Å². The first-order chi connectivity index (χ1) is 11.6. The van der Waals surface area contributed by atoms with E-state index in [-0.39, 0.29) is 0 Å². The van der Waals surface area contributed by atoms with Gasteiger partial charge in [0.1, 0.15) is 36.6 Å². The van der Waals surface area contributed by atoms with Crippen molar-refractivity contribution < 1.29 is 64.7 Å². The molecule has 0 aliphatic carbocycles. The van der Waals surface area contributed by atoms with Crippen LogP contribution in [0.25, 0.3) is 0 Å². The molecule has 0 radical (unpaired) electrons. The molecule has 0 amide bonds. The van der Waals surface area contributed by atoms with Gasteiger partial charge in [0.25, 0.3) is 0 Å². The monoisotopic (exact) mass is 370 g/mol. The number of hydrogen-bond acceptors (Lipinski definition) is 11. The van der Waals surface area contributed by atoms with E-state index in [4.69, 9.17) is 24.4 Å². The van der Waals surface area contributed by atoms with Crippen LogP contribution in [0.5, 0.6) is 0 Å². The summed E-state index contributed by atoms with van der Waals surface area (Å²) < 4.78 is 14.5. The molecule has 144 valence electrons. The molecule has 2 fully saturated rings. The van der Waals surface area contributed by atoms with Crippen LogP contribution >= 0.6 is 0 Å². The van der Waals surface area contributed by atoms with Gasteiger partial charge < -0.3 is 55.1 Å². The Bertz CT molecular complexity index is 467. The molecule has 0 saturated carbocycles. The van der Waals surface area contributed by atoms with E-state index in [0.717, 1.165) is 0 Å². The number of ether oxygens (including phenoxy) is 3. The fraction of sp³-hybridized carbons (Fsp3) is 0.833. The summed E-state index contributed by atoms with van der Waals surface area (Å²) in [5, 5.41) is 75.8. The standard InChI is InChI=1S/C12H18O13/c13-1-3(15)7(9(19)20)23-11(5(1)17)25-12-6(18)2(14)4(16)8(24-12)10(21)22/h1-8,11-18H,(H,19,20)(H,21,22)/t1-,2-,3-,4-,5+,6+,7-,8-,11-,12-/m0/s1. The highest BCUT2D eigenvalue weighted by atomic mass is 16.8. The van der Waals surface area contributed by atoms with Crippen molar-refractivity contribution in [3.8, 4) is 0 Å². The first kappa shape index (κ1) is 19.9. The highest BCUT2D eigenvalue weighted by Gasteiger charge is 2.52. The minimum absolute atomic E-state index is 1.68. The molecule has 2 saturated heterocycles.